The van der Waals surface area contributed by atoms with E-state index in [1.807, 2.05) is 24.3 Å². The molecule has 3 aromatic rings. The molecule has 0 unspecified atom stereocenters. The average molecular weight is 420 g/mol. The maximum atomic E-state index is 13.1. The zero-order chi connectivity index (χ0) is 19.4. The van der Waals surface area contributed by atoms with Gasteiger partial charge in [-0.15, -0.1) is 5.10 Å². The summed E-state index contributed by atoms with van der Waals surface area (Å²) in [7, 11) is 0. The summed E-state index contributed by atoms with van der Waals surface area (Å²) in [5, 5.41) is 7.29. The fourth-order valence-electron chi connectivity index (χ4n) is 2.34. The van der Waals surface area contributed by atoms with Crippen LogP contribution in [0.3, 0.4) is 0 Å². The summed E-state index contributed by atoms with van der Waals surface area (Å²) in [4.78, 5) is 12.2. The quantitative estimate of drug-likeness (QED) is 0.414. The van der Waals surface area contributed by atoms with Crippen molar-refractivity contribution in [1.82, 2.24) is 9.78 Å². The number of aromatic nitrogens is 2. The number of thioether (sulfide) groups is 1. The lowest BCUT2D eigenvalue weighted by Crippen LogP contribution is -2.14. The van der Waals surface area contributed by atoms with E-state index < -0.39 is 0 Å². The van der Waals surface area contributed by atoms with Crippen LogP contribution in [-0.2, 0) is 4.79 Å². The number of carbonyl (C=O) groups is 1. The van der Waals surface area contributed by atoms with Crippen LogP contribution in [0.25, 0.3) is 5.69 Å². The van der Waals surface area contributed by atoms with Gasteiger partial charge in [0.1, 0.15) is 5.82 Å². The summed E-state index contributed by atoms with van der Waals surface area (Å²) in [6.45, 7) is 4.26. The molecular formula is C19H18FN3OS3. The number of hydrogen-bond acceptors (Lipinski definition) is 5. The van der Waals surface area contributed by atoms with Crippen molar-refractivity contribution in [3.63, 3.8) is 0 Å². The van der Waals surface area contributed by atoms with Crippen molar-refractivity contribution in [1.29, 1.82) is 0 Å². The smallest absolute Gasteiger partial charge is 0.234 e. The van der Waals surface area contributed by atoms with Gasteiger partial charge in [-0.05, 0) is 60.1 Å². The Balaban J connectivity index is 1.60. The molecule has 4 nitrogen and oxygen atoms in total. The SMILES string of the molecule is CC(C)c1ccc(NC(=O)CSc2nn(-c3ccc(F)cc3)c(=S)s2)cc1. The van der Waals surface area contributed by atoms with E-state index in [1.165, 1.54) is 40.8 Å². The van der Waals surface area contributed by atoms with E-state index in [2.05, 4.69) is 24.3 Å². The van der Waals surface area contributed by atoms with Crippen molar-refractivity contribution in [2.75, 3.05) is 11.1 Å². The van der Waals surface area contributed by atoms with Gasteiger partial charge >= 0.3 is 0 Å². The number of hydrogen-bond donors (Lipinski definition) is 1. The maximum absolute atomic E-state index is 13.1. The lowest BCUT2D eigenvalue weighted by atomic mass is 10.0. The van der Waals surface area contributed by atoms with Crippen molar-refractivity contribution >= 4 is 46.9 Å². The van der Waals surface area contributed by atoms with Crippen molar-refractivity contribution in [3.8, 4) is 5.69 Å². The molecule has 1 aromatic heterocycles. The molecule has 2 aromatic carbocycles. The van der Waals surface area contributed by atoms with Crippen LogP contribution in [0, 0.1) is 9.77 Å². The summed E-state index contributed by atoms with van der Waals surface area (Å²) in [5.74, 6) is 0.271. The van der Waals surface area contributed by atoms with E-state index in [4.69, 9.17) is 12.2 Å². The Morgan fingerprint density at radius 1 is 1.22 bits per heavy atom. The van der Waals surface area contributed by atoms with Crippen LogP contribution in [0.4, 0.5) is 10.1 Å². The third-order valence-electron chi connectivity index (χ3n) is 3.79. The predicted molar refractivity (Wildman–Crippen MR) is 112 cm³/mol. The Bertz CT molecular complexity index is 979. The van der Waals surface area contributed by atoms with Crippen molar-refractivity contribution in [2.45, 2.75) is 24.1 Å². The second kappa shape index (κ2) is 8.77. The van der Waals surface area contributed by atoms with Gasteiger partial charge in [-0.2, -0.15) is 0 Å². The lowest BCUT2D eigenvalue weighted by molar-refractivity contribution is -0.113. The molecule has 0 saturated heterocycles. The minimum Gasteiger partial charge on any atom is -0.325 e. The van der Waals surface area contributed by atoms with E-state index in [9.17, 15) is 9.18 Å². The molecule has 1 N–H and O–H groups in total. The zero-order valence-electron chi connectivity index (χ0n) is 14.8. The number of anilines is 1. The van der Waals surface area contributed by atoms with Gasteiger partial charge in [0.15, 0.2) is 8.29 Å². The van der Waals surface area contributed by atoms with Gasteiger partial charge < -0.3 is 5.32 Å². The highest BCUT2D eigenvalue weighted by Gasteiger charge is 2.10. The monoisotopic (exact) mass is 419 g/mol. The third-order valence-corrected chi connectivity index (χ3v) is 6.15. The molecule has 0 fully saturated rings. The molecule has 1 heterocycles. The molecule has 0 aliphatic rings. The van der Waals surface area contributed by atoms with Gasteiger partial charge in [-0.1, -0.05) is 49.1 Å². The number of nitrogens with zero attached hydrogens (tertiary/aromatic N) is 2. The number of benzene rings is 2. The molecule has 0 spiro atoms. The Labute approximate surface area is 170 Å². The van der Waals surface area contributed by atoms with E-state index in [-0.39, 0.29) is 17.5 Å². The van der Waals surface area contributed by atoms with E-state index in [1.54, 1.807) is 16.8 Å². The van der Waals surface area contributed by atoms with Crippen LogP contribution in [0.1, 0.15) is 25.3 Å². The zero-order valence-corrected chi connectivity index (χ0v) is 17.3. The normalized spacial score (nSPS) is 11.0. The molecule has 0 aliphatic heterocycles. The first-order valence-electron chi connectivity index (χ1n) is 8.31. The second-order valence-electron chi connectivity index (χ2n) is 6.14. The summed E-state index contributed by atoms with van der Waals surface area (Å²) in [5.41, 5.74) is 2.70. The molecular weight excluding hydrogens is 401 g/mol. The minimum absolute atomic E-state index is 0.105. The fourth-order valence-corrected chi connectivity index (χ4v) is 4.50. The van der Waals surface area contributed by atoms with Crippen LogP contribution in [-0.4, -0.2) is 21.4 Å². The van der Waals surface area contributed by atoms with Crippen LogP contribution < -0.4 is 5.32 Å². The summed E-state index contributed by atoms with van der Waals surface area (Å²) in [6.07, 6.45) is 0. The van der Waals surface area contributed by atoms with Crippen LogP contribution in [0.5, 0.6) is 0 Å². The summed E-state index contributed by atoms with van der Waals surface area (Å²) >= 11 is 7.96. The largest absolute Gasteiger partial charge is 0.325 e. The van der Waals surface area contributed by atoms with Gasteiger partial charge in [0, 0.05) is 5.69 Å². The number of nitrogens with one attached hydrogen (secondary N) is 1. The number of amides is 1. The molecule has 0 saturated carbocycles. The molecule has 27 heavy (non-hydrogen) atoms. The van der Waals surface area contributed by atoms with Crippen LogP contribution in [0.2, 0.25) is 0 Å². The molecule has 0 bridgehead atoms. The molecule has 0 aliphatic carbocycles. The number of halogens is 1. The standard InChI is InChI=1S/C19H18FN3OS3/c1-12(2)13-3-7-15(8-4-13)21-17(24)11-26-18-22-23(19(25)27-18)16-9-5-14(20)6-10-16/h3-10,12H,11H2,1-2H3,(H,21,24). The Morgan fingerprint density at radius 3 is 2.52 bits per heavy atom. The Hall–Kier alpha value is -2.03. The summed E-state index contributed by atoms with van der Waals surface area (Å²) in [6, 6.07) is 13.8. The maximum Gasteiger partial charge on any atom is 0.234 e. The second-order valence-corrected chi connectivity index (χ2v) is 8.98. The Morgan fingerprint density at radius 2 is 1.89 bits per heavy atom. The third kappa shape index (κ3) is 5.24. The molecule has 1 amide bonds. The van der Waals surface area contributed by atoms with E-state index in [0.29, 0.717) is 19.9 Å². The first-order valence-corrected chi connectivity index (χ1v) is 10.5. The molecule has 140 valence electrons. The van der Waals surface area contributed by atoms with Gasteiger partial charge in [0.2, 0.25) is 5.91 Å². The highest BCUT2D eigenvalue weighted by molar-refractivity contribution is 8.01. The van der Waals surface area contributed by atoms with Crippen LogP contribution in [0.15, 0.2) is 52.9 Å². The van der Waals surface area contributed by atoms with Gasteiger partial charge in [-0.3, -0.25) is 4.79 Å². The van der Waals surface area contributed by atoms with Gasteiger partial charge in [0.05, 0.1) is 11.4 Å². The minimum atomic E-state index is -0.312. The predicted octanol–water partition coefficient (Wildman–Crippen LogP) is 5.66. The van der Waals surface area contributed by atoms with Crippen LogP contribution >= 0.6 is 35.3 Å². The van der Waals surface area contributed by atoms with Gasteiger partial charge in [-0.25, -0.2) is 9.07 Å². The Kier molecular flexibility index (Phi) is 6.41. The van der Waals surface area contributed by atoms with Crippen molar-refractivity contribution in [3.05, 3.63) is 63.9 Å². The molecule has 3 rings (SSSR count). The summed E-state index contributed by atoms with van der Waals surface area (Å²) < 4.78 is 15.9. The topological polar surface area (TPSA) is 46.9 Å². The fraction of sp³-hybridized carbons (Fsp3) is 0.211. The molecule has 0 atom stereocenters. The number of carbonyl (C=O) groups excluding carboxylic acids is 1. The first-order chi connectivity index (χ1) is 12.9. The van der Waals surface area contributed by atoms with E-state index in [0.717, 1.165) is 5.69 Å². The van der Waals surface area contributed by atoms with Crippen molar-refractivity contribution in [2.24, 2.45) is 0 Å². The van der Waals surface area contributed by atoms with E-state index >= 15 is 0 Å². The van der Waals surface area contributed by atoms with Gasteiger partial charge in [0.25, 0.3) is 0 Å². The average Bonchev–Trinajstić information content (AvgIpc) is 3.02. The number of rotatable bonds is 6. The molecule has 0 radical (unpaired) electrons. The lowest BCUT2D eigenvalue weighted by Gasteiger charge is -2.08. The highest BCUT2D eigenvalue weighted by atomic mass is 32.2. The highest BCUT2D eigenvalue weighted by Crippen LogP contribution is 2.24. The van der Waals surface area contributed by atoms with Crippen molar-refractivity contribution < 1.29 is 9.18 Å². The first kappa shape index (κ1) is 19.7. The molecule has 8 heteroatoms.